The van der Waals surface area contributed by atoms with Crippen LogP contribution in [-0.4, -0.2) is 95.9 Å². The van der Waals surface area contributed by atoms with E-state index in [4.69, 9.17) is 32.3 Å². The van der Waals surface area contributed by atoms with Crippen molar-refractivity contribution < 1.29 is 75.8 Å². The Kier molecular flexibility index (Phi) is 99.3. The van der Waals surface area contributed by atoms with E-state index in [9.17, 15) is 43.5 Å². The van der Waals surface area contributed by atoms with Crippen LogP contribution in [-0.2, 0) is 55.8 Å². The van der Waals surface area contributed by atoms with Gasteiger partial charge in [-0.25, -0.2) is 9.13 Å². The summed E-state index contributed by atoms with van der Waals surface area (Å²) >= 11 is 0. The molecule has 18 heteroatoms. The molecule has 0 aromatic rings. The number of aliphatic hydroxyl groups is 2. The zero-order chi connectivity index (χ0) is 95.0. The zero-order valence-corrected chi connectivity index (χ0v) is 85.2. The Balaban J connectivity index is 4.59. The number of hydrogen-bond acceptors (Lipinski definition) is 14. The second-order valence-corrected chi connectivity index (χ2v) is 38.2. The maximum Gasteiger partial charge on any atom is 0.472 e. The Labute approximate surface area is 802 Å². The highest BCUT2D eigenvalue weighted by molar-refractivity contribution is 7.47. The molecule has 0 aliphatic carbocycles. The van der Waals surface area contributed by atoms with Gasteiger partial charge in [-0.2, -0.15) is 0 Å². The fourth-order valence-electron chi connectivity index (χ4n) is 14.7. The summed E-state index contributed by atoms with van der Waals surface area (Å²) in [7, 11) is -9.82. The van der Waals surface area contributed by atoms with Gasteiger partial charge in [0.05, 0.1) is 26.4 Å². The molecule has 0 amide bonds. The van der Waals surface area contributed by atoms with Gasteiger partial charge in [-0.05, 0) is 161 Å². The fourth-order valence-corrected chi connectivity index (χ4v) is 16.2. The number of rotatable bonds is 100. The monoisotopic (exact) mass is 1870 g/mol. The van der Waals surface area contributed by atoms with Gasteiger partial charge in [0, 0.05) is 19.3 Å². The van der Waals surface area contributed by atoms with Gasteiger partial charge in [0.2, 0.25) is 0 Å². The predicted octanol–water partition coefficient (Wildman–Crippen LogP) is 33.9. The molecule has 0 aromatic carbocycles. The van der Waals surface area contributed by atoms with Crippen molar-refractivity contribution in [3.8, 4) is 0 Å². The highest BCUT2D eigenvalue weighted by Gasteiger charge is 2.30. The van der Waals surface area contributed by atoms with Crippen LogP contribution >= 0.6 is 15.6 Å². The first kappa shape index (κ1) is 126. The highest BCUT2D eigenvalue weighted by Crippen LogP contribution is 2.45. The molecule has 0 spiro atoms. The molecule has 0 bridgehead atoms. The van der Waals surface area contributed by atoms with Crippen LogP contribution in [0.15, 0.2) is 182 Å². The van der Waals surface area contributed by atoms with Gasteiger partial charge in [-0.15, -0.1) is 0 Å². The quantitative estimate of drug-likeness (QED) is 0.0146. The number of allylic oxidation sites excluding steroid dienone is 30. The Hall–Kier alpha value is -5.35. The van der Waals surface area contributed by atoms with Gasteiger partial charge in [0.25, 0.3) is 0 Å². The lowest BCUT2D eigenvalue weighted by Crippen LogP contribution is -2.30. The van der Waals surface area contributed by atoms with Gasteiger partial charge in [-0.1, -0.05) is 460 Å². The van der Waals surface area contributed by atoms with E-state index in [0.717, 1.165) is 161 Å². The minimum Gasteiger partial charge on any atom is -0.463 e. The van der Waals surface area contributed by atoms with Crippen LogP contribution in [0.25, 0.3) is 0 Å². The molecule has 0 aliphatic heterocycles. The topological polar surface area (TPSA) is 231 Å². The van der Waals surface area contributed by atoms with E-state index < -0.39 is 91.5 Å². The SMILES string of the molecule is CC/C=C\C/C=C\C/C=C\C/C=C\C/C=C\C/C=C\CCCCCCCCCCCCCCCCCCC(=O)OCC(O)COP(=O)(O)OCC(O)COP(=O)(O)OCC(COC(=O)CCCCCCCCCCCCCCCCC/C=C\C/C=C\C/C=C\C/C=C\C/C=C\CC)OC(=O)CCCCCCCCCCCCCCC/C=C\C/C=C\C/C=C\C/C=C\CCCCC. The van der Waals surface area contributed by atoms with Gasteiger partial charge in [0.1, 0.15) is 25.4 Å². The molecule has 0 aromatic heterocycles. The third-order valence-corrected chi connectivity index (χ3v) is 24.5. The van der Waals surface area contributed by atoms with Crippen molar-refractivity contribution in [1.29, 1.82) is 0 Å². The molecular weight excluding hydrogens is 1680 g/mol. The Morgan fingerprint density at radius 3 is 0.641 bits per heavy atom. The van der Waals surface area contributed by atoms with E-state index in [1.165, 1.54) is 238 Å². The number of unbranched alkanes of at least 4 members (excludes halogenated alkanes) is 47. The second-order valence-electron chi connectivity index (χ2n) is 35.3. The normalized spacial score (nSPS) is 14.3. The molecule has 16 nitrogen and oxygen atoms in total. The number of carbonyl (C=O) groups is 3. The van der Waals surface area contributed by atoms with Crippen molar-refractivity contribution >= 4 is 33.6 Å². The van der Waals surface area contributed by atoms with E-state index in [1.54, 1.807) is 0 Å². The first-order valence-electron chi connectivity index (χ1n) is 53.1. The number of hydrogen-bond donors (Lipinski definition) is 4. The van der Waals surface area contributed by atoms with Crippen LogP contribution in [0.3, 0.4) is 0 Å². The molecule has 0 saturated heterocycles. The number of esters is 3. The van der Waals surface area contributed by atoms with Crippen molar-refractivity contribution in [2.24, 2.45) is 0 Å². The second kappa shape index (κ2) is 104. The van der Waals surface area contributed by atoms with Crippen LogP contribution in [0.2, 0.25) is 0 Å². The summed E-state index contributed by atoms with van der Waals surface area (Å²) in [6.07, 6.45) is 138. The first-order valence-corrected chi connectivity index (χ1v) is 56.1. The molecule has 0 aliphatic rings. The maximum absolute atomic E-state index is 13.1. The lowest BCUT2D eigenvalue weighted by Gasteiger charge is -2.21. The molecule has 4 N–H and O–H groups in total. The van der Waals surface area contributed by atoms with E-state index >= 15 is 0 Å². The average molecular weight is 1870 g/mol. The summed E-state index contributed by atoms with van der Waals surface area (Å²) in [6, 6.07) is 0. The third kappa shape index (κ3) is 105. The van der Waals surface area contributed by atoms with Gasteiger partial charge < -0.3 is 34.2 Å². The molecule has 0 heterocycles. The average Bonchev–Trinajstić information content (AvgIpc) is 0.896. The molecule has 5 atom stereocenters. The fraction of sp³-hybridized carbons (Fsp3) is 0.708. The van der Waals surface area contributed by atoms with Crippen molar-refractivity contribution in [3.05, 3.63) is 182 Å². The van der Waals surface area contributed by atoms with Crippen LogP contribution in [0, 0.1) is 0 Å². The van der Waals surface area contributed by atoms with E-state index in [2.05, 4.69) is 203 Å². The third-order valence-electron chi connectivity index (χ3n) is 22.6. The Morgan fingerprint density at radius 1 is 0.221 bits per heavy atom. The molecule has 0 radical (unpaired) electrons. The van der Waals surface area contributed by atoms with E-state index in [0.29, 0.717) is 19.3 Å². The molecule has 5 unspecified atom stereocenters. The molecule has 752 valence electrons. The predicted molar refractivity (Wildman–Crippen MR) is 555 cm³/mol. The largest absolute Gasteiger partial charge is 0.472 e. The highest BCUT2D eigenvalue weighted by atomic mass is 31.2. The number of ether oxygens (including phenoxy) is 3. The van der Waals surface area contributed by atoms with Crippen LogP contribution in [0.1, 0.15) is 457 Å². The minimum absolute atomic E-state index is 0.101. The summed E-state index contributed by atoms with van der Waals surface area (Å²) in [5.74, 6) is -1.56. The van der Waals surface area contributed by atoms with E-state index in [-0.39, 0.29) is 19.3 Å². The zero-order valence-electron chi connectivity index (χ0n) is 83.5. The van der Waals surface area contributed by atoms with Crippen LogP contribution < -0.4 is 0 Å². The van der Waals surface area contributed by atoms with Crippen LogP contribution in [0.5, 0.6) is 0 Å². The summed E-state index contributed by atoms with van der Waals surface area (Å²) in [6.45, 7) is 2.51. The Morgan fingerprint density at radius 2 is 0.405 bits per heavy atom. The summed E-state index contributed by atoms with van der Waals surface area (Å²) in [5, 5.41) is 20.8. The van der Waals surface area contributed by atoms with Crippen molar-refractivity contribution in [3.63, 3.8) is 0 Å². The van der Waals surface area contributed by atoms with Crippen molar-refractivity contribution in [1.82, 2.24) is 0 Å². The number of carbonyl (C=O) groups excluding carboxylic acids is 3. The molecule has 0 fully saturated rings. The number of phosphoric acid groups is 2. The maximum atomic E-state index is 13.1. The molecular formula is C113H194O16P2. The Bertz CT molecular complexity index is 3110. The smallest absolute Gasteiger partial charge is 0.463 e. The molecule has 0 rings (SSSR count). The van der Waals surface area contributed by atoms with Crippen molar-refractivity contribution in [2.75, 3.05) is 39.6 Å². The van der Waals surface area contributed by atoms with Gasteiger partial charge in [0.15, 0.2) is 6.10 Å². The first-order chi connectivity index (χ1) is 64.2. The molecule has 131 heavy (non-hydrogen) atoms. The van der Waals surface area contributed by atoms with Crippen LogP contribution in [0.4, 0.5) is 0 Å². The number of phosphoric ester groups is 2. The summed E-state index contributed by atoms with van der Waals surface area (Å²) in [5.41, 5.74) is 0. The van der Waals surface area contributed by atoms with Gasteiger partial charge >= 0.3 is 33.6 Å². The lowest BCUT2D eigenvalue weighted by molar-refractivity contribution is -0.161. The summed E-state index contributed by atoms with van der Waals surface area (Å²) in [4.78, 5) is 59.3. The lowest BCUT2D eigenvalue weighted by atomic mass is 10.0. The van der Waals surface area contributed by atoms with Gasteiger partial charge in [-0.3, -0.25) is 32.5 Å². The molecule has 0 saturated carbocycles. The summed E-state index contributed by atoms with van der Waals surface area (Å²) < 4.78 is 61.8. The standard InChI is InChI=1S/C113H194O16P2/c1-4-7-10-13-16-19-22-25-28-31-34-37-40-43-46-49-51-52-53-54-56-59-60-63-66-69-72-75-78-81-84-87-90-93-96-99-111(116)123-102-108(114)103-125-130(119,120)126-104-109(115)105-127-131(121,122)128-107-110(129-113(118)101-98-95-92-89-86-83-80-77-74-71-68-65-62-57-48-45-42-39-36-33-30-27-24-21-18-15-12-9-6-3)106-124-112(117)100-97-94-91-88-85-82-79-76-73-70-67-64-61-58-55-50-47-44-41-38-35-32-29-26-23-20-17-14-11-8-5-2/h7-8,10-11,16-21,25-30,34-39,43-48,51-52,108-110,114-115H,4-6,9,12-15,22-24,31-33,40-42,49-50,53-107H2,1-3H3,(H,119,120)(H,121,122)/b10-7-,11-8-,19-16-,20-17-,21-18-,28-25-,29-26-,30-27-,37-34-,38-35-,39-36-,46-43-,47-44-,48-45-,52-51-. The number of aliphatic hydroxyl groups excluding tert-OH is 2. The minimum atomic E-state index is -4.95. The van der Waals surface area contributed by atoms with Crippen molar-refractivity contribution in [2.45, 2.75) is 476 Å². The van der Waals surface area contributed by atoms with E-state index in [1.807, 2.05) is 0 Å².